The Morgan fingerprint density at radius 2 is 1.39 bits per heavy atom. The quantitative estimate of drug-likeness (QED) is 0.484. The van der Waals surface area contributed by atoms with Gasteiger partial charge in [0.15, 0.2) is 0 Å². The summed E-state index contributed by atoms with van der Waals surface area (Å²) in [4.78, 5) is 23.8. The number of aryl methyl sites for hydroxylation is 4. The highest BCUT2D eigenvalue weighted by Gasteiger charge is 2.13. The zero-order valence-corrected chi connectivity index (χ0v) is 16.2. The van der Waals surface area contributed by atoms with Crippen molar-refractivity contribution in [3.05, 3.63) is 85.1 Å². The Balaban J connectivity index is 1.76. The molecule has 142 valence electrons. The first kappa shape index (κ1) is 18.0. The molecule has 0 radical (unpaired) electrons. The van der Waals surface area contributed by atoms with Crippen LogP contribution in [0.2, 0.25) is 0 Å². The van der Waals surface area contributed by atoms with E-state index in [0.29, 0.717) is 16.9 Å². The van der Waals surface area contributed by atoms with Gasteiger partial charge in [-0.25, -0.2) is 9.59 Å². The van der Waals surface area contributed by atoms with Gasteiger partial charge in [-0.15, -0.1) is 0 Å². The van der Waals surface area contributed by atoms with E-state index in [1.54, 1.807) is 0 Å². The van der Waals surface area contributed by atoms with Crippen LogP contribution in [0, 0.1) is 27.7 Å². The first-order valence-electron chi connectivity index (χ1n) is 9.05. The van der Waals surface area contributed by atoms with Crippen LogP contribution in [0.25, 0.3) is 21.9 Å². The van der Waals surface area contributed by atoms with E-state index in [9.17, 15) is 9.59 Å². The Morgan fingerprint density at radius 3 is 2.14 bits per heavy atom. The molecule has 2 aromatic heterocycles. The normalized spacial score (nSPS) is 11.3. The van der Waals surface area contributed by atoms with Gasteiger partial charge in [-0.1, -0.05) is 12.1 Å². The summed E-state index contributed by atoms with van der Waals surface area (Å²) < 4.78 is 16.8. The van der Waals surface area contributed by atoms with Crippen LogP contribution in [0.3, 0.4) is 0 Å². The molecule has 0 aliphatic heterocycles. The maximum absolute atomic E-state index is 12.0. The fourth-order valence-electron chi connectivity index (χ4n) is 3.46. The lowest BCUT2D eigenvalue weighted by atomic mass is 10.0. The fourth-order valence-corrected chi connectivity index (χ4v) is 3.46. The predicted octanol–water partition coefficient (Wildman–Crippen LogP) is 4.71. The summed E-state index contributed by atoms with van der Waals surface area (Å²) in [6.07, 6.45) is 0. The summed E-state index contributed by atoms with van der Waals surface area (Å²) in [5.74, 6) is 0.603. The number of hydrogen-bond acceptors (Lipinski definition) is 5. The van der Waals surface area contributed by atoms with Gasteiger partial charge >= 0.3 is 11.3 Å². The molecule has 0 saturated carbocycles. The van der Waals surface area contributed by atoms with Gasteiger partial charge in [0.05, 0.1) is 0 Å². The number of rotatable bonds is 3. The molecular weight excluding hydrogens is 356 g/mol. The summed E-state index contributed by atoms with van der Waals surface area (Å²) >= 11 is 0. The smallest absolute Gasteiger partial charge is 0.336 e. The molecule has 4 rings (SSSR count). The molecule has 0 aliphatic rings. The minimum absolute atomic E-state index is 0.201. The van der Waals surface area contributed by atoms with Gasteiger partial charge in [0, 0.05) is 34.0 Å². The molecule has 0 amide bonds. The van der Waals surface area contributed by atoms with Crippen LogP contribution in [0.1, 0.15) is 27.8 Å². The molecule has 0 atom stereocenters. The third-order valence-electron chi connectivity index (χ3n) is 5.22. The molecule has 5 heteroatoms. The number of ether oxygens (including phenoxy) is 1. The van der Waals surface area contributed by atoms with Crippen LogP contribution in [-0.2, 0) is 6.61 Å². The van der Waals surface area contributed by atoms with Crippen molar-refractivity contribution >= 4 is 21.9 Å². The van der Waals surface area contributed by atoms with Crippen molar-refractivity contribution < 1.29 is 13.6 Å². The highest BCUT2D eigenvalue weighted by molar-refractivity contribution is 5.85. The molecule has 0 saturated heterocycles. The maximum atomic E-state index is 12.0. The van der Waals surface area contributed by atoms with Crippen molar-refractivity contribution in [1.82, 2.24) is 0 Å². The monoisotopic (exact) mass is 376 g/mol. The molecule has 0 spiro atoms. The molecular formula is C23H20O5. The summed E-state index contributed by atoms with van der Waals surface area (Å²) in [5, 5.41) is 1.73. The van der Waals surface area contributed by atoms with Crippen molar-refractivity contribution in [1.29, 1.82) is 0 Å². The van der Waals surface area contributed by atoms with Gasteiger partial charge < -0.3 is 13.6 Å². The summed E-state index contributed by atoms with van der Waals surface area (Å²) in [6.45, 7) is 7.84. The minimum Gasteiger partial charge on any atom is -0.488 e. The highest BCUT2D eigenvalue weighted by Crippen LogP contribution is 2.30. The third kappa shape index (κ3) is 2.99. The van der Waals surface area contributed by atoms with Crippen molar-refractivity contribution in [2.45, 2.75) is 34.3 Å². The molecule has 5 nitrogen and oxygen atoms in total. The van der Waals surface area contributed by atoms with Crippen molar-refractivity contribution in [3.63, 3.8) is 0 Å². The second-order valence-electron chi connectivity index (χ2n) is 7.08. The first-order chi connectivity index (χ1) is 13.3. The van der Waals surface area contributed by atoms with E-state index >= 15 is 0 Å². The van der Waals surface area contributed by atoms with Gasteiger partial charge in [0.25, 0.3) is 0 Å². The molecule has 0 bridgehead atoms. The van der Waals surface area contributed by atoms with Crippen LogP contribution in [0.5, 0.6) is 5.75 Å². The van der Waals surface area contributed by atoms with Crippen LogP contribution in [0.4, 0.5) is 0 Å². The lowest BCUT2D eigenvalue weighted by molar-refractivity contribution is 0.304. The van der Waals surface area contributed by atoms with Crippen LogP contribution >= 0.6 is 0 Å². The van der Waals surface area contributed by atoms with Crippen molar-refractivity contribution in [2.75, 3.05) is 0 Å². The lowest BCUT2D eigenvalue weighted by Gasteiger charge is -2.13. The maximum Gasteiger partial charge on any atom is 0.336 e. The lowest BCUT2D eigenvalue weighted by Crippen LogP contribution is -2.06. The van der Waals surface area contributed by atoms with E-state index < -0.39 is 5.63 Å². The van der Waals surface area contributed by atoms with Gasteiger partial charge in [0.1, 0.15) is 23.5 Å². The van der Waals surface area contributed by atoms with Gasteiger partial charge in [-0.05, 0) is 56.5 Å². The second kappa shape index (κ2) is 6.68. The summed E-state index contributed by atoms with van der Waals surface area (Å²) in [6, 6.07) is 10.6. The molecule has 0 unspecified atom stereocenters. The standard InChI is InChI=1S/C23H20O5/c1-12-5-6-18-16(10-21(25)28-22(18)14(12)3)11-26-19-8-7-17-13(2)9-20(24)27-23(17)15(19)4/h5-10H,11H2,1-4H3. The third-order valence-corrected chi connectivity index (χ3v) is 5.22. The highest BCUT2D eigenvalue weighted by atomic mass is 16.5. The SMILES string of the molecule is Cc1ccc2c(COc3ccc4c(C)cc(=O)oc4c3C)cc(=O)oc2c1C. The Kier molecular flexibility index (Phi) is 4.30. The molecule has 0 N–H and O–H groups in total. The zero-order chi connectivity index (χ0) is 20.0. The van der Waals surface area contributed by atoms with Crippen LogP contribution in [-0.4, -0.2) is 0 Å². The van der Waals surface area contributed by atoms with E-state index in [-0.39, 0.29) is 12.2 Å². The Hall–Kier alpha value is -3.34. The summed E-state index contributed by atoms with van der Waals surface area (Å²) in [7, 11) is 0. The Labute approximate surface area is 161 Å². The molecule has 2 aromatic carbocycles. The van der Waals surface area contributed by atoms with Gasteiger partial charge in [0.2, 0.25) is 0 Å². The predicted molar refractivity (Wildman–Crippen MR) is 108 cm³/mol. The Morgan fingerprint density at radius 1 is 0.750 bits per heavy atom. The van der Waals surface area contributed by atoms with Crippen LogP contribution in [0.15, 0.2) is 54.8 Å². The van der Waals surface area contributed by atoms with Gasteiger partial charge in [-0.3, -0.25) is 0 Å². The fraction of sp³-hybridized carbons (Fsp3) is 0.217. The second-order valence-corrected chi connectivity index (χ2v) is 7.08. The average molecular weight is 376 g/mol. The number of fused-ring (bicyclic) bond motifs is 2. The zero-order valence-electron chi connectivity index (χ0n) is 16.2. The molecule has 28 heavy (non-hydrogen) atoms. The topological polar surface area (TPSA) is 69.7 Å². The van der Waals surface area contributed by atoms with E-state index in [1.165, 1.54) is 12.1 Å². The van der Waals surface area contributed by atoms with Crippen molar-refractivity contribution in [2.24, 2.45) is 0 Å². The number of hydrogen-bond donors (Lipinski definition) is 0. The molecule has 4 aromatic rings. The van der Waals surface area contributed by atoms with E-state index in [2.05, 4.69) is 0 Å². The van der Waals surface area contributed by atoms with E-state index in [1.807, 2.05) is 52.0 Å². The molecule has 0 fully saturated rings. The Bertz CT molecular complexity index is 1340. The largest absolute Gasteiger partial charge is 0.488 e. The van der Waals surface area contributed by atoms with Crippen molar-refractivity contribution in [3.8, 4) is 5.75 Å². The van der Waals surface area contributed by atoms with E-state index in [0.717, 1.165) is 38.6 Å². The van der Waals surface area contributed by atoms with Gasteiger partial charge in [-0.2, -0.15) is 0 Å². The van der Waals surface area contributed by atoms with Crippen LogP contribution < -0.4 is 16.0 Å². The summed E-state index contributed by atoms with van der Waals surface area (Å²) in [5.41, 5.74) is 4.67. The minimum atomic E-state index is -0.406. The van der Waals surface area contributed by atoms with E-state index in [4.69, 9.17) is 13.6 Å². The molecule has 0 aliphatic carbocycles. The average Bonchev–Trinajstić information content (AvgIpc) is 2.65. The first-order valence-corrected chi connectivity index (χ1v) is 9.05. The number of benzene rings is 2. The molecule has 2 heterocycles.